The molecule has 1 aromatic rings. The molecule has 8 nitrogen and oxygen atoms in total. The molecule has 0 bridgehead atoms. The minimum atomic E-state index is -4.88. The zero-order valence-electron chi connectivity index (χ0n) is 17.2. The summed E-state index contributed by atoms with van der Waals surface area (Å²) in [6.07, 6.45) is -1.74. The van der Waals surface area contributed by atoms with Crippen molar-refractivity contribution in [3.8, 4) is 5.75 Å². The maximum Gasteiger partial charge on any atom is 0.573 e. The number of amides is 3. The van der Waals surface area contributed by atoms with Crippen LogP contribution in [0.25, 0.3) is 0 Å². The van der Waals surface area contributed by atoms with Crippen molar-refractivity contribution in [1.29, 1.82) is 0 Å². The number of carbonyl (C=O) groups is 3. The molecule has 2 aliphatic heterocycles. The van der Waals surface area contributed by atoms with Gasteiger partial charge in [0.05, 0.1) is 12.0 Å². The lowest BCUT2D eigenvalue weighted by atomic mass is 9.90. The highest BCUT2D eigenvalue weighted by molar-refractivity contribution is 6.07. The van der Waals surface area contributed by atoms with Crippen molar-refractivity contribution in [3.05, 3.63) is 29.8 Å². The molecule has 0 radical (unpaired) electrons. The largest absolute Gasteiger partial charge is 0.573 e. The molecule has 1 saturated carbocycles. The van der Waals surface area contributed by atoms with Gasteiger partial charge in [0.15, 0.2) is 6.10 Å². The van der Waals surface area contributed by atoms with E-state index in [0.717, 1.165) is 38.2 Å². The van der Waals surface area contributed by atoms with Crippen LogP contribution >= 0.6 is 0 Å². The maximum absolute atomic E-state index is 13.4. The van der Waals surface area contributed by atoms with Crippen LogP contribution in [-0.2, 0) is 19.2 Å². The zero-order valence-corrected chi connectivity index (χ0v) is 17.2. The SMILES string of the molecule is NC(=O)CCN1OC2C(=O)N(C3CCCCC3)C(=O)C2C1c1cccc(OC(F)(F)F)c1. The standard InChI is InChI=1S/C21H24F3N3O5/c22-21(23,24)31-14-8-4-5-12(11-14)17-16-18(32-26(17)10-9-15(25)28)20(30)27(19(16)29)13-6-2-1-3-7-13/h4-5,8,11,13,16-18H,1-3,6-7,9-10H2,(H2,25,28). The monoisotopic (exact) mass is 455 g/mol. The lowest BCUT2D eigenvalue weighted by Crippen LogP contribution is -2.44. The van der Waals surface area contributed by atoms with Crippen molar-refractivity contribution in [2.75, 3.05) is 6.54 Å². The second kappa shape index (κ2) is 8.70. The van der Waals surface area contributed by atoms with Gasteiger partial charge in [-0.1, -0.05) is 31.4 Å². The summed E-state index contributed by atoms with van der Waals surface area (Å²) in [5, 5.41) is 1.31. The predicted molar refractivity (Wildman–Crippen MR) is 103 cm³/mol. The highest BCUT2D eigenvalue weighted by atomic mass is 19.4. The molecule has 3 aliphatic rings. The quantitative estimate of drug-likeness (QED) is 0.661. The van der Waals surface area contributed by atoms with Crippen LogP contribution in [-0.4, -0.2) is 52.7 Å². The molecule has 2 saturated heterocycles. The first kappa shape index (κ1) is 22.5. The number of nitrogens with zero attached hydrogens (tertiary/aromatic N) is 2. The molecule has 1 aromatic carbocycles. The highest BCUT2D eigenvalue weighted by Gasteiger charge is 2.60. The Bertz CT molecular complexity index is 903. The average molecular weight is 455 g/mol. The van der Waals surface area contributed by atoms with E-state index in [1.165, 1.54) is 28.2 Å². The van der Waals surface area contributed by atoms with Gasteiger partial charge in [-0.25, -0.2) is 0 Å². The van der Waals surface area contributed by atoms with Gasteiger partial charge in [-0.2, -0.15) is 5.06 Å². The van der Waals surface area contributed by atoms with E-state index in [1.54, 1.807) is 0 Å². The molecule has 2 heterocycles. The van der Waals surface area contributed by atoms with Gasteiger partial charge in [0.25, 0.3) is 5.91 Å². The molecule has 4 rings (SSSR count). The third kappa shape index (κ3) is 4.44. The van der Waals surface area contributed by atoms with E-state index in [-0.39, 0.29) is 19.0 Å². The number of hydrogen-bond donors (Lipinski definition) is 1. The van der Waals surface area contributed by atoms with Gasteiger partial charge in [-0.15, -0.1) is 13.2 Å². The molecule has 2 N–H and O–H groups in total. The predicted octanol–water partition coefficient (Wildman–Crippen LogP) is 2.44. The summed E-state index contributed by atoms with van der Waals surface area (Å²) in [6.45, 7) is -0.0126. The summed E-state index contributed by atoms with van der Waals surface area (Å²) in [4.78, 5) is 44.8. The second-order valence-corrected chi connectivity index (χ2v) is 8.31. The summed E-state index contributed by atoms with van der Waals surface area (Å²) in [5.74, 6) is -2.84. The Morgan fingerprint density at radius 3 is 2.53 bits per heavy atom. The fourth-order valence-corrected chi connectivity index (χ4v) is 4.87. The van der Waals surface area contributed by atoms with Crippen molar-refractivity contribution in [3.63, 3.8) is 0 Å². The number of benzene rings is 1. The highest BCUT2D eigenvalue weighted by Crippen LogP contribution is 2.46. The molecule has 32 heavy (non-hydrogen) atoms. The van der Waals surface area contributed by atoms with E-state index in [4.69, 9.17) is 10.6 Å². The van der Waals surface area contributed by atoms with Crippen molar-refractivity contribution in [2.24, 2.45) is 11.7 Å². The van der Waals surface area contributed by atoms with Gasteiger partial charge in [0.1, 0.15) is 5.75 Å². The van der Waals surface area contributed by atoms with Gasteiger partial charge in [-0.05, 0) is 30.5 Å². The molecule has 3 amide bonds. The smallest absolute Gasteiger partial charge is 0.406 e. The molecule has 3 atom stereocenters. The third-order valence-electron chi connectivity index (χ3n) is 6.18. The van der Waals surface area contributed by atoms with E-state index < -0.39 is 47.9 Å². The van der Waals surface area contributed by atoms with Crippen LogP contribution < -0.4 is 10.5 Å². The van der Waals surface area contributed by atoms with E-state index in [9.17, 15) is 27.6 Å². The van der Waals surface area contributed by atoms with Crippen molar-refractivity contribution in [2.45, 2.75) is 63.1 Å². The molecule has 3 unspecified atom stereocenters. The molecule has 1 aliphatic carbocycles. The minimum Gasteiger partial charge on any atom is -0.406 e. The first-order valence-electron chi connectivity index (χ1n) is 10.6. The zero-order chi connectivity index (χ0) is 23.0. The molecule has 0 aromatic heterocycles. The lowest BCUT2D eigenvalue weighted by molar-refractivity contribution is -0.274. The number of ether oxygens (including phenoxy) is 1. The fraction of sp³-hybridized carbons (Fsp3) is 0.571. The topological polar surface area (TPSA) is 102 Å². The number of imide groups is 1. The summed E-state index contributed by atoms with van der Waals surface area (Å²) in [7, 11) is 0. The van der Waals surface area contributed by atoms with E-state index >= 15 is 0 Å². The number of fused-ring (bicyclic) bond motifs is 1. The summed E-state index contributed by atoms with van der Waals surface area (Å²) in [5.41, 5.74) is 5.55. The third-order valence-corrected chi connectivity index (χ3v) is 6.18. The number of hydrogen-bond acceptors (Lipinski definition) is 6. The van der Waals surface area contributed by atoms with E-state index in [0.29, 0.717) is 5.56 Å². The normalized spacial score (nSPS) is 27.1. The molecular formula is C21H24F3N3O5. The Morgan fingerprint density at radius 2 is 1.88 bits per heavy atom. The van der Waals surface area contributed by atoms with Gasteiger partial charge in [0.2, 0.25) is 11.8 Å². The lowest BCUT2D eigenvalue weighted by Gasteiger charge is -2.32. The summed E-state index contributed by atoms with van der Waals surface area (Å²) < 4.78 is 42.1. The molecular weight excluding hydrogens is 431 g/mol. The fourth-order valence-electron chi connectivity index (χ4n) is 4.87. The number of primary amides is 1. The Morgan fingerprint density at radius 1 is 1.16 bits per heavy atom. The number of halogens is 3. The van der Waals surface area contributed by atoms with Crippen LogP contribution in [0.3, 0.4) is 0 Å². The minimum absolute atomic E-state index is 0.0126. The summed E-state index contributed by atoms with van der Waals surface area (Å²) in [6, 6.07) is 4.17. The number of rotatable bonds is 6. The van der Waals surface area contributed by atoms with Crippen LogP contribution in [0.5, 0.6) is 5.75 Å². The second-order valence-electron chi connectivity index (χ2n) is 8.31. The number of nitrogens with two attached hydrogens (primary N) is 1. The van der Waals surface area contributed by atoms with Gasteiger partial charge in [-0.3, -0.25) is 24.1 Å². The van der Waals surface area contributed by atoms with Gasteiger partial charge in [0, 0.05) is 19.0 Å². The van der Waals surface area contributed by atoms with Crippen LogP contribution in [0, 0.1) is 5.92 Å². The Hall–Kier alpha value is -2.66. The van der Waals surface area contributed by atoms with E-state index in [2.05, 4.69) is 4.74 Å². The first-order chi connectivity index (χ1) is 15.2. The van der Waals surface area contributed by atoms with Crippen LogP contribution in [0.4, 0.5) is 13.2 Å². The molecule has 3 fully saturated rings. The molecule has 11 heteroatoms. The van der Waals surface area contributed by atoms with Crippen molar-refractivity contribution in [1.82, 2.24) is 9.96 Å². The average Bonchev–Trinajstić information content (AvgIpc) is 3.21. The molecule has 0 spiro atoms. The number of likely N-dealkylation sites (tertiary alicyclic amines) is 1. The van der Waals surface area contributed by atoms with Crippen molar-refractivity contribution >= 4 is 17.7 Å². The molecule has 174 valence electrons. The Labute approximate surface area is 182 Å². The van der Waals surface area contributed by atoms with Crippen LogP contribution in [0.2, 0.25) is 0 Å². The van der Waals surface area contributed by atoms with Gasteiger partial charge < -0.3 is 10.5 Å². The van der Waals surface area contributed by atoms with Crippen LogP contribution in [0.15, 0.2) is 24.3 Å². The van der Waals surface area contributed by atoms with E-state index in [1.807, 2.05) is 0 Å². The summed E-state index contributed by atoms with van der Waals surface area (Å²) >= 11 is 0. The number of hydroxylamine groups is 2. The van der Waals surface area contributed by atoms with Gasteiger partial charge >= 0.3 is 6.36 Å². The maximum atomic E-state index is 13.4. The van der Waals surface area contributed by atoms with Crippen LogP contribution in [0.1, 0.15) is 50.1 Å². The first-order valence-corrected chi connectivity index (χ1v) is 10.6. The van der Waals surface area contributed by atoms with Crippen molar-refractivity contribution < 1.29 is 37.1 Å². The number of alkyl halides is 3. The Kier molecular flexibility index (Phi) is 6.13. The Balaban J connectivity index is 1.65. The number of carbonyl (C=O) groups excluding carboxylic acids is 3.